The van der Waals surface area contributed by atoms with Crippen molar-refractivity contribution in [3.63, 3.8) is 0 Å². The van der Waals surface area contributed by atoms with Crippen molar-refractivity contribution in [2.24, 2.45) is 0 Å². The van der Waals surface area contributed by atoms with E-state index in [2.05, 4.69) is 30.1 Å². The summed E-state index contributed by atoms with van der Waals surface area (Å²) >= 11 is 0. The predicted octanol–water partition coefficient (Wildman–Crippen LogP) is 3.46. The van der Waals surface area contributed by atoms with Crippen LogP contribution in [-0.4, -0.2) is 17.6 Å². The molecule has 0 amide bonds. The van der Waals surface area contributed by atoms with Gasteiger partial charge in [-0.05, 0) is 50.8 Å². The first-order valence-electron chi connectivity index (χ1n) is 9.69. The standard InChI is InChI=1S/C23H26N2O/c1-16-11-12-21-19(14-16)23(26)20(15-25-13-7-6-8-17(25)2)22(24-21)18-9-4-3-5-10-18/h3-5,9-12,14,17H,6-8,13,15H2,1-2H3,(H,24,26)/p+1. The van der Waals surface area contributed by atoms with Crippen LogP contribution in [0.5, 0.6) is 0 Å². The van der Waals surface area contributed by atoms with Crippen LogP contribution in [0.15, 0.2) is 53.3 Å². The maximum absolute atomic E-state index is 13.4. The molecule has 0 saturated carbocycles. The van der Waals surface area contributed by atoms with Gasteiger partial charge in [-0.3, -0.25) is 4.79 Å². The zero-order valence-corrected chi connectivity index (χ0v) is 15.6. The maximum atomic E-state index is 13.4. The van der Waals surface area contributed by atoms with E-state index < -0.39 is 0 Å². The van der Waals surface area contributed by atoms with Gasteiger partial charge in [0.2, 0.25) is 0 Å². The number of piperidine rings is 1. The molecule has 3 nitrogen and oxygen atoms in total. The highest BCUT2D eigenvalue weighted by Gasteiger charge is 2.25. The second-order valence-electron chi connectivity index (χ2n) is 7.70. The molecule has 3 aromatic rings. The molecule has 4 rings (SSSR count). The van der Waals surface area contributed by atoms with Crippen molar-refractivity contribution < 1.29 is 4.90 Å². The zero-order valence-electron chi connectivity index (χ0n) is 15.6. The first-order valence-corrected chi connectivity index (χ1v) is 9.69. The summed E-state index contributed by atoms with van der Waals surface area (Å²) in [5.41, 5.74) is 5.23. The van der Waals surface area contributed by atoms with Crippen LogP contribution in [0.25, 0.3) is 22.2 Å². The molecule has 2 N–H and O–H groups in total. The second-order valence-corrected chi connectivity index (χ2v) is 7.70. The fourth-order valence-electron chi connectivity index (χ4n) is 4.20. The average Bonchev–Trinajstić information content (AvgIpc) is 2.66. The second kappa shape index (κ2) is 7.08. The number of aromatic amines is 1. The molecule has 2 aromatic carbocycles. The Hall–Kier alpha value is -2.39. The van der Waals surface area contributed by atoms with Crippen molar-refractivity contribution in [3.05, 3.63) is 69.9 Å². The highest BCUT2D eigenvalue weighted by atomic mass is 16.1. The largest absolute Gasteiger partial charge is 0.354 e. The number of likely N-dealkylation sites (tertiary alicyclic amines) is 1. The molecular weight excluding hydrogens is 320 g/mol. The number of nitrogens with one attached hydrogen (secondary N) is 2. The third kappa shape index (κ3) is 3.19. The molecule has 0 aliphatic carbocycles. The number of pyridine rings is 1. The molecule has 1 saturated heterocycles. The number of aromatic nitrogens is 1. The van der Waals surface area contributed by atoms with E-state index >= 15 is 0 Å². The SMILES string of the molecule is Cc1ccc2[nH]c(-c3ccccc3)c(C[NH+]3CCCCC3C)c(=O)c2c1. The number of H-pyrrole nitrogens is 1. The lowest BCUT2D eigenvalue weighted by molar-refractivity contribution is -0.941. The lowest BCUT2D eigenvalue weighted by Crippen LogP contribution is -3.15. The van der Waals surface area contributed by atoms with Crippen molar-refractivity contribution in [3.8, 4) is 11.3 Å². The summed E-state index contributed by atoms with van der Waals surface area (Å²) in [6, 6.07) is 17.0. The van der Waals surface area contributed by atoms with Gasteiger partial charge in [0.25, 0.3) is 0 Å². The number of hydrogen-bond acceptors (Lipinski definition) is 1. The molecule has 0 bridgehead atoms. The number of quaternary nitrogens is 1. The topological polar surface area (TPSA) is 37.3 Å². The number of benzene rings is 2. The van der Waals surface area contributed by atoms with E-state index in [0.29, 0.717) is 6.04 Å². The van der Waals surface area contributed by atoms with Gasteiger partial charge in [-0.15, -0.1) is 0 Å². The molecule has 1 aromatic heterocycles. The highest BCUT2D eigenvalue weighted by Crippen LogP contribution is 2.23. The van der Waals surface area contributed by atoms with Gasteiger partial charge in [-0.25, -0.2) is 0 Å². The van der Waals surface area contributed by atoms with Crippen molar-refractivity contribution in [1.29, 1.82) is 0 Å². The van der Waals surface area contributed by atoms with Crippen LogP contribution in [-0.2, 0) is 6.54 Å². The minimum atomic E-state index is 0.187. The third-order valence-corrected chi connectivity index (χ3v) is 5.80. The molecular formula is C23H27N2O+. The summed E-state index contributed by atoms with van der Waals surface area (Å²) in [6.07, 6.45) is 3.81. The lowest BCUT2D eigenvalue weighted by atomic mass is 9.98. The molecule has 2 unspecified atom stereocenters. The minimum Gasteiger partial charge on any atom is -0.354 e. The highest BCUT2D eigenvalue weighted by molar-refractivity contribution is 5.83. The van der Waals surface area contributed by atoms with Gasteiger partial charge < -0.3 is 9.88 Å². The van der Waals surface area contributed by atoms with Gasteiger partial charge in [0.1, 0.15) is 6.54 Å². The molecule has 1 fully saturated rings. The van der Waals surface area contributed by atoms with E-state index in [0.717, 1.165) is 46.4 Å². The molecule has 0 spiro atoms. The number of fused-ring (bicyclic) bond motifs is 1. The smallest absolute Gasteiger partial charge is 0.198 e. The van der Waals surface area contributed by atoms with Crippen LogP contribution in [0.4, 0.5) is 0 Å². The van der Waals surface area contributed by atoms with Gasteiger partial charge in [0.05, 0.1) is 23.8 Å². The quantitative estimate of drug-likeness (QED) is 0.748. The van der Waals surface area contributed by atoms with Crippen LogP contribution in [0.1, 0.15) is 37.3 Å². The Kier molecular flexibility index (Phi) is 4.64. The summed E-state index contributed by atoms with van der Waals surface area (Å²) in [4.78, 5) is 18.5. The zero-order chi connectivity index (χ0) is 18.1. The van der Waals surface area contributed by atoms with Gasteiger partial charge in [0.15, 0.2) is 5.43 Å². The average molecular weight is 347 g/mol. The lowest BCUT2D eigenvalue weighted by Gasteiger charge is -2.30. The van der Waals surface area contributed by atoms with Crippen LogP contribution in [0.2, 0.25) is 0 Å². The monoisotopic (exact) mass is 347 g/mol. The van der Waals surface area contributed by atoms with Crippen molar-refractivity contribution >= 4 is 10.9 Å². The third-order valence-electron chi connectivity index (χ3n) is 5.80. The van der Waals surface area contributed by atoms with E-state index in [1.54, 1.807) is 0 Å². The Bertz CT molecular complexity index is 975. The molecule has 2 heterocycles. The predicted molar refractivity (Wildman–Crippen MR) is 108 cm³/mol. The summed E-state index contributed by atoms with van der Waals surface area (Å²) < 4.78 is 0. The first-order chi connectivity index (χ1) is 12.6. The van der Waals surface area contributed by atoms with Crippen LogP contribution >= 0.6 is 0 Å². The Labute approximate surface area is 154 Å². The Morgan fingerprint density at radius 3 is 2.69 bits per heavy atom. The van der Waals surface area contributed by atoms with Gasteiger partial charge >= 0.3 is 0 Å². The molecule has 3 heteroatoms. The molecule has 0 radical (unpaired) electrons. The molecule has 1 aliphatic rings. The fraction of sp³-hybridized carbons (Fsp3) is 0.348. The minimum absolute atomic E-state index is 0.187. The van der Waals surface area contributed by atoms with Crippen LogP contribution in [0.3, 0.4) is 0 Å². The van der Waals surface area contributed by atoms with Gasteiger partial charge in [0, 0.05) is 10.9 Å². The summed E-state index contributed by atoms with van der Waals surface area (Å²) in [5.74, 6) is 0. The van der Waals surface area contributed by atoms with Crippen molar-refractivity contribution in [1.82, 2.24) is 4.98 Å². The van der Waals surface area contributed by atoms with Crippen molar-refractivity contribution in [2.45, 2.75) is 45.7 Å². The number of hydrogen-bond donors (Lipinski definition) is 2. The molecule has 26 heavy (non-hydrogen) atoms. The summed E-state index contributed by atoms with van der Waals surface area (Å²) in [6.45, 7) is 6.31. The van der Waals surface area contributed by atoms with E-state index in [4.69, 9.17) is 0 Å². The van der Waals surface area contributed by atoms with Crippen molar-refractivity contribution in [2.75, 3.05) is 6.54 Å². The maximum Gasteiger partial charge on any atom is 0.198 e. The van der Waals surface area contributed by atoms with E-state index in [1.165, 1.54) is 24.2 Å². The first kappa shape index (κ1) is 17.0. The van der Waals surface area contributed by atoms with E-state index in [-0.39, 0.29) is 5.43 Å². The number of aryl methyl sites for hydroxylation is 1. The molecule has 1 aliphatic heterocycles. The Morgan fingerprint density at radius 1 is 1.12 bits per heavy atom. The van der Waals surface area contributed by atoms with E-state index in [1.807, 2.05) is 37.3 Å². The fourth-order valence-corrected chi connectivity index (χ4v) is 4.20. The molecule has 2 atom stereocenters. The Balaban J connectivity index is 1.90. The Morgan fingerprint density at radius 2 is 1.92 bits per heavy atom. The van der Waals surface area contributed by atoms with Gasteiger partial charge in [-0.2, -0.15) is 0 Å². The van der Waals surface area contributed by atoms with Crippen LogP contribution in [0, 0.1) is 6.92 Å². The summed E-state index contributed by atoms with van der Waals surface area (Å²) in [5, 5.41) is 0.809. The normalized spacial score (nSPS) is 20.4. The van der Waals surface area contributed by atoms with Gasteiger partial charge in [-0.1, -0.05) is 42.0 Å². The molecule has 134 valence electrons. The summed E-state index contributed by atoms with van der Waals surface area (Å²) in [7, 11) is 0. The van der Waals surface area contributed by atoms with E-state index in [9.17, 15) is 4.79 Å². The van der Waals surface area contributed by atoms with Crippen LogP contribution < -0.4 is 10.3 Å². The number of rotatable bonds is 3.